The zero-order valence-electron chi connectivity index (χ0n) is 21.1. The number of anilines is 1. The number of H-pyrrole nitrogens is 1. The van der Waals surface area contributed by atoms with Gasteiger partial charge in [-0.15, -0.1) is 0 Å². The second-order valence-electron chi connectivity index (χ2n) is 10.0. The lowest BCUT2D eigenvalue weighted by Crippen LogP contribution is -2.56. The molecule has 0 spiro atoms. The van der Waals surface area contributed by atoms with Gasteiger partial charge >= 0.3 is 0 Å². The molecular weight excluding hydrogens is 462 g/mol. The average molecular weight is 494 g/mol. The molecule has 7 nitrogen and oxygen atoms in total. The van der Waals surface area contributed by atoms with Crippen LogP contribution in [-0.4, -0.2) is 33.4 Å². The molecule has 1 aliphatic rings. The standard InChI is InChI=1S/C30H31N5O2/c1-30(2,31)29(37)34-25-16-15-22-7-3-6-10-27(22)35(28(25)36)18-20-11-13-21(14-12-20)23-8-4-5-9-24(23)26-17-32-19-33-26/h3-14,17,19,25H,15-16,18,31H2,1-2H3,(H,32,33)(H,34,37)/t25-/m1/s1. The molecule has 188 valence electrons. The topological polar surface area (TPSA) is 104 Å². The van der Waals surface area contributed by atoms with Crippen LogP contribution in [0.3, 0.4) is 0 Å². The van der Waals surface area contributed by atoms with Crippen molar-refractivity contribution in [2.24, 2.45) is 5.73 Å². The summed E-state index contributed by atoms with van der Waals surface area (Å²) in [6.07, 6.45) is 4.78. The molecule has 1 aromatic heterocycles. The third kappa shape index (κ3) is 5.17. The van der Waals surface area contributed by atoms with Gasteiger partial charge in [0.1, 0.15) is 6.04 Å². The number of aromatic nitrogens is 2. The van der Waals surface area contributed by atoms with Crippen LogP contribution in [0.1, 0.15) is 31.4 Å². The number of hydrogen-bond acceptors (Lipinski definition) is 4. The van der Waals surface area contributed by atoms with E-state index < -0.39 is 11.6 Å². The Morgan fingerprint density at radius 3 is 2.46 bits per heavy atom. The van der Waals surface area contributed by atoms with Gasteiger partial charge in [0.2, 0.25) is 11.8 Å². The maximum Gasteiger partial charge on any atom is 0.249 e. The van der Waals surface area contributed by atoms with Gasteiger partial charge < -0.3 is 20.9 Å². The molecule has 0 fully saturated rings. The molecule has 4 N–H and O–H groups in total. The van der Waals surface area contributed by atoms with E-state index in [-0.39, 0.29) is 11.8 Å². The van der Waals surface area contributed by atoms with Gasteiger partial charge in [-0.25, -0.2) is 4.98 Å². The molecule has 2 heterocycles. The zero-order valence-corrected chi connectivity index (χ0v) is 21.1. The van der Waals surface area contributed by atoms with Crippen LogP contribution in [0.5, 0.6) is 0 Å². The second-order valence-corrected chi connectivity index (χ2v) is 10.0. The van der Waals surface area contributed by atoms with Crippen molar-refractivity contribution in [1.29, 1.82) is 0 Å². The summed E-state index contributed by atoms with van der Waals surface area (Å²) in [4.78, 5) is 35.5. The quantitative estimate of drug-likeness (QED) is 0.369. The Morgan fingerprint density at radius 1 is 1.05 bits per heavy atom. The highest BCUT2D eigenvalue weighted by atomic mass is 16.2. The number of benzene rings is 3. The van der Waals surface area contributed by atoms with Gasteiger partial charge in [0, 0.05) is 17.4 Å². The number of nitrogens with zero attached hydrogens (tertiary/aromatic N) is 2. The van der Waals surface area contributed by atoms with Crippen molar-refractivity contribution in [3.05, 3.63) is 96.4 Å². The molecule has 7 heteroatoms. The molecular formula is C30H31N5O2. The fraction of sp³-hybridized carbons (Fsp3) is 0.233. The maximum atomic E-state index is 13.7. The highest BCUT2D eigenvalue weighted by Crippen LogP contribution is 2.32. The monoisotopic (exact) mass is 493 g/mol. The Balaban J connectivity index is 1.43. The molecule has 37 heavy (non-hydrogen) atoms. The summed E-state index contributed by atoms with van der Waals surface area (Å²) < 4.78 is 0. The van der Waals surface area contributed by atoms with E-state index >= 15 is 0 Å². The molecule has 4 aromatic rings. The maximum absolute atomic E-state index is 13.7. The number of nitrogens with one attached hydrogen (secondary N) is 2. The predicted molar refractivity (Wildman–Crippen MR) is 146 cm³/mol. The van der Waals surface area contributed by atoms with Gasteiger partial charge in [-0.1, -0.05) is 66.7 Å². The zero-order chi connectivity index (χ0) is 26.0. The molecule has 0 saturated heterocycles. The van der Waals surface area contributed by atoms with Gasteiger partial charge in [-0.3, -0.25) is 9.59 Å². The number of nitrogens with two attached hydrogens (primary N) is 1. The van der Waals surface area contributed by atoms with E-state index in [1.807, 2.05) is 54.7 Å². The van der Waals surface area contributed by atoms with Crippen LogP contribution >= 0.6 is 0 Å². The normalized spacial score (nSPS) is 15.7. The highest BCUT2D eigenvalue weighted by molar-refractivity contribution is 6.01. The first-order valence-electron chi connectivity index (χ1n) is 12.5. The number of rotatable bonds is 6. The van der Waals surface area contributed by atoms with Crippen LogP contribution in [-0.2, 0) is 22.6 Å². The Kier molecular flexibility index (Phi) is 6.63. The first-order chi connectivity index (χ1) is 17.8. The van der Waals surface area contributed by atoms with Gasteiger partial charge in [0.25, 0.3) is 0 Å². The molecule has 2 amide bonds. The highest BCUT2D eigenvalue weighted by Gasteiger charge is 2.34. The minimum atomic E-state index is -1.06. The Bertz CT molecular complexity index is 1400. The molecule has 0 unspecified atom stereocenters. The lowest BCUT2D eigenvalue weighted by molar-refractivity contribution is -0.130. The molecule has 0 aliphatic carbocycles. The van der Waals surface area contributed by atoms with Crippen LogP contribution < -0.4 is 16.0 Å². The number of carbonyl (C=O) groups is 2. The summed E-state index contributed by atoms with van der Waals surface area (Å²) >= 11 is 0. The van der Waals surface area contributed by atoms with Crippen molar-refractivity contribution >= 4 is 17.5 Å². The number of fused-ring (bicyclic) bond motifs is 1. The predicted octanol–water partition coefficient (Wildman–Crippen LogP) is 4.45. The third-order valence-corrected chi connectivity index (χ3v) is 6.75. The van der Waals surface area contributed by atoms with E-state index in [4.69, 9.17) is 5.73 Å². The van der Waals surface area contributed by atoms with Crippen molar-refractivity contribution in [1.82, 2.24) is 15.3 Å². The molecule has 0 saturated carbocycles. The van der Waals surface area contributed by atoms with Crippen LogP contribution in [0.15, 0.2) is 85.3 Å². The summed E-state index contributed by atoms with van der Waals surface area (Å²) in [5.41, 5.74) is 12.0. The van der Waals surface area contributed by atoms with Crippen molar-refractivity contribution < 1.29 is 9.59 Å². The molecule has 1 aliphatic heterocycles. The van der Waals surface area contributed by atoms with E-state index in [2.05, 4.69) is 39.6 Å². The number of aryl methyl sites for hydroxylation is 1. The molecule has 5 rings (SSSR count). The van der Waals surface area contributed by atoms with Crippen LogP contribution in [0.25, 0.3) is 22.4 Å². The number of hydrogen-bond donors (Lipinski definition) is 3. The summed E-state index contributed by atoms with van der Waals surface area (Å²) in [6, 6.07) is 23.7. The van der Waals surface area contributed by atoms with Crippen molar-refractivity contribution in [2.75, 3.05) is 4.90 Å². The fourth-order valence-corrected chi connectivity index (χ4v) is 4.70. The van der Waals surface area contributed by atoms with Gasteiger partial charge in [0.05, 0.1) is 24.1 Å². The van der Waals surface area contributed by atoms with Gasteiger partial charge in [-0.05, 0) is 55.0 Å². The third-order valence-electron chi connectivity index (χ3n) is 6.75. The minimum Gasteiger partial charge on any atom is -0.351 e. The Morgan fingerprint density at radius 2 is 1.76 bits per heavy atom. The lowest BCUT2D eigenvalue weighted by atomic mass is 9.97. The largest absolute Gasteiger partial charge is 0.351 e. The van der Waals surface area contributed by atoms with Crippen LogP contribution in [0.4, 0.5) is 5.69 Å². The second kappa shape index (κ2) is 10.0. The van der Waals surface area contributed by atoms with Crippen molar-refractivity contribution in [2.45, 2.75) is 44.8 Å². The Labute approximate surface area is 216 Å². The van der Waals surface area contributed by atoms with E-state index in [0.29, 0.717) is 19.4 Å². The number of amides is 2. The fourth-order valence-electron chi connectivity index (χ4n) is 4.70. The SMILES string of the molecule is CC(C)(N)C(=O)N[C@@H]1CCc2ccccc2N(Cc2ccc(-c3ccccc3-c3c[nH]cn3)cc2)C1=O. The van der Waals surface area contributed by atoms with E-state index in [9.17, 15) is 9.59 Å². The van der Waals surface area contributed by atoms with Gasteiger partial charge in [0.15, 0.2) is 0 Å². The van der Waals surface area contributed by atoms with E-state index in [1.165, 1.54) is 0 Å². The van der Waals surface area contributed by atoms with Crippen molar-refractivity contribution in [3.8, 4) is 22.4 Å². The number of imidazole rings is 1. The molecule has 0 radical (unpaired) electrons. The number of aromatic amines is 1. The molecule has 1 atom stereocenters. The van der Waals surface area contributed by atoms with Gasteiger partial charge in [-0.2, -0.15) is 0 Å². The number of para-hydroxylation sites is 1. The Hall–Kier alpha value is -4.23. The van der Waals surface area contributed by atoms with E-state index in [0.717, 1.165) is 39.2 Å². The first kappa shape index (κ1) is 24.5. The summed E-state index contributed by atoms with van der Waals surface area (Å²) in [5.74, 6) is -0.466. The number of carbonyl (C=O) groups excluding carboxylic acids is 2. The van der Waals surface area contributed by atoms with E-state index in [1.54, 1.807) is 25.1 Å². The lowest BCUT2D eigenvalue weighted by Gasteiger charge is -2.28. The summed E-state index contributed by atoms with van der Waals surface area (Å²) in [6.45, 7) is 3.68. The van der Waals surface area contributed by atoms with Crippen molar-refractivity contribution in [3.63, 3.8) is 0 Å². The smallest absolute Gasteiger partial charge is 0.249 e. The van der Waals surface area contributed by atoms with Crippen LogP contribution in [0, 0.1) is 0 Å². The van der Waals surface area contributed by atoms with Crippen LogP contribution in [0.2, 0.25) is 0 Å². The molecule has 0 bridgehead atoms. The first-order valence-corrected chi connectivity index (χ1v) is 12.5. The molecule has 3 aromatic carbocycles. The minimum absolute atomic E-state index is 0.129. The average Bonchev–Trinajstić information content (AvgIpc) is 3.40. The summed E-state index contributed by atoms with van der Waals surface area (Å²) in [7, 11) is 0. The summed E-state index contributed by atoms with van der Waals surface area (Å²) in [5, 5.41) is 2.89.